The summed E-state index contributed by atoms with van der Waals surface area (Å²) >= 11 is 6.92. The van der Waals surface area contributed by atoms with E-state index in [4.69, 9.17) is 11.6 Å². The summed E-state index contributed by atoms with van der Waals surface area (Å²) < 4.78 is 48.2. The SMILES string of the molecule is O=S1(=O)CCN(S(=O)(=O)c2csc(CCl)c2)CC1. The molecule has 0 amide bonds. The zero-order valence-corrected chi connectivity index (χ0v) is 12.6. The molecule has 2 heterocycles. The van der Waals surface area contributed by atoms with Gasteiger partial charge in [-0.1, -0.05) is 0 Å². The van der Waals surface area contributed by atoms with E-state index in [-0.39, 0.29) is 35.4 Å². The minimum absolute atomic E-state index is 0.0245. The number of sulfone groups is 1. The standard InChI is InChI=1S/C9H12ClNO4S3/c10-6-8-5-9(7-16-8)18(14,15)11-1-3-17(12,13)4-2-11/h5,7H,1-4,6H2. The van der Waals surface area contributed by atoms with Crippen LogP contribution in [0.2, 0.25) is 0 Å². The lowest BCUT2D eigenvalue weighted by Crippen LogP contribution is -2.43. The summed E-state index contributed by atoms with van der Waals surface area (Å²) in [5, 5.41) is 1.54. The van der Waals surface area contributed by atoms with Crippen LogP contribution in [0.4, 0.5) is 0 Å². The van der Waals surface area contributed by atoms with E-state index in [1.165, 1.54) is 27.1 Å². The first-order valence-corrected chi connectivity index (χ1v) is 9.87. The van der Waals surface area contributed by atoms with E-state index < -0.39 is 19.9 Å². The summed E-state index contributed by atoms with van der Waals surface area (Å²) in [6.07, 6.45) is 0. The molecule has 1 fully saturated rings. The smallest absolute Gasteiger partial charge is 0.229 e. The van der Waals surface area contributed by atoms with Crippen molar-refractivity contribution in [1.29, 1.82) is 0 Å². The monoisotopic (exact) mass is 329 g/mol. The molecule has 1 aliphatic rings. The van der Waals surface area contributed by atoms with E-state index >= 15 is 0 Å². The van der Waals surface area contributed by atoms with Gasteiger partial charge in [0.15, 0.2) is 9.84 Å². The van der Waals surface area contributed by atoms with Gasteiger partial charge < -0.3 is 0 Å². The summed E-state index contributed by atoms with van der Waals surface area (Å²) in [5.74, 6) is 0.0476. The minimum Gasteiger partial charge on any atom is -0.229 e. The Labute approximate surface area is 115 Å². The van der Waals surface area contributed by atoms with Gasteiger partial charge in [-0.3, -0.25) is 0 Å². The Balaban J connectivity index is 2.22. The summed E-state index contributed by atoms with van der Waals surface area (Å²) in [5.41, 5.74) is 0. The third-order valence-electron chi connectivity index (χ3n) is 2.70. The predicted molar refractivity (Wildman–Crippen MR) is 71.3 cm³/mol. The highest BCUT2D eigenvalue weighted by Crippen LogP contribution is 2.24. The number of nitrogens with zero attached hydrogens (tertiary/aromatic N) is 1. The van der Waals surface area contributed by atoms with Gasteiger partial charge in [-0.15, -0.1) is 22.9 Å². The van der Waals surface area contributed by atoms with Crippen molar-refractivity contribution in [1.82, 2.24) is 4.31 Å². The molecule has 102 valence electrons. The van der Waals surface area contributed by atoms with Crippen molar-refractivity contribution in [3.63, 3.8) is 0 Å². The van der Waals surface area contributed by atoms with Crippen molar-refractivity contribution in [2.75, 3.05) is 24.6 Å². The van der Waals surface area contributed by atoms with E-state index in [9.17, 15) is 16.8 Å². The molecule has 0 saturated carbocycles. The van der Waals surface area contributed by atoms with Crippen LogP contribution in [0.15, 0.2) is 16.3 Å². The molecule has 5 nitrogen and oxygen atoms in total. The van der Waals surface area contributed by atoms with Crippen LogP contribution in [0.3, 0.4) is 0 Å². The van der Waals surface area contributed by atoms with Crippen molar-refractivity contribution in [2.45, 2.75) is 10.8 Å². The van der Waals surface area contributed by atoms with Crippen molar-refractivity contribution < 1.29 is 16.8 Å². The fourth-order valence-corrected chi connectivity index (χ4v) is 5.90. The maximum absolute atomic E-state index is 12.2. The minimum atomic E-state index is -3.58. The van der Waals surface area contributed by atoms with Crippen LogP contribution in [-0.4, -0.2) is 45.7 Å². The van der Waals surface area contributed by atoms with Gasteiger partial charge in [0, 0.05) is 23.3 Å². The molecule has 0 bridgehead atoms. The van der Waals surface area contributed by atoms with Crippen LogP contribution in [-0.2, 0) is 25.7 Å². The third-order valence-corrected chi connectivity index (χ3v) is 7.72. The van der Waals surface area contributed by atoms with Crippen LogP contribution in [0, 0.1) is 0 Å². The Morgan fingerprint density at radius 1 is 1.33 bits per heavy atom. The first-order chi connectivity index (χ1) is 8.35. The zero-order valence-electron chi connectivity index (χ0n) is 9.37. The number of hydrogen-bond donors (Lipinski definition) is 0. The Bertz CT molecular complexity index is 621. The van der Waals surface area contributed by atoms with Gasteiger partial charge in [0.25, 0.3) is 0 Å². The van der Waals surface area contributed by atoms with Gasteiger partial charge in [0.2, 0.25) is 10.0 Å². The summed E-state index contributed by atoms with van der Waals surface area (Å²) in [4.78, 5) is 0.974. The molecule has 0 unspecified atom stereocenters. The van der Waals surface area contributed by atoms with Crippen molar-refractivity contribution >= 4 is 42.8 Å². The summed E-state index contributed by atoms with van der Waals surface area (Å²) in [6.45, 7) is 0.0491. The maximum atomic E-state index is 12.2. The van der Waals surface area contributed by atoms with Crippen LogP contribution < -0.4 is 0 Å². The molecule has 0 atom stereocenters. The van der Waals surface area contributed by atoms with Crippen LogP contribution in [0.5, 0.6) is 0 Å². The lowest BCUT2D eigenvalue weighted by atomic mass is 10.5. The first kappa shape index (κ1) is 14.3. The second kappa shape index (κ2) is 5.09. The average Bonchev–Trinajstić information content (AvgIpc) is 2.77. The topological polar surface area (TPSA) is 71.5 Å². The second-order valence-electron chi connectivity index (χ2n) is 3.94. The molecule has 0 aliphatic carbocycles. The largest absolute Gasteiger partial charge is 0.243 e. The number of thiophene rings is 1. The second-order valence-corrected chi connectivity index (χ2v) is 9.44. The average molecular weight is 330 g/mol. The number of alkyl halides is 1. The van der Waals surface area contributed by atoms with Crippen LogP contribution in [0.25, 0.3) is 0 Å². The first-order valence-electron chi connectivity index (χ1n) is 5.19. The molecule has 0 N–H and O–H groups in total. The van der Waals surface area contributed by atoms with Gasteiger partial charge >= 0.3 is 0 Å². The Morgan fingerprint density at radius 2 is 1.94 bits per heavy atom. The van der Waals surface area contributed by atoms with Gasteiger partial charge in [0.05, 0.1) is 22.3 Å². The Kier molecular flexibility index (Phi) is 4.03. The number of sulfonamides is 1. The molecule has 0 radical (unpaired) electrons. The molecule has 1 aromatic rings. The Hall–Kier alpha value is -0.150. The predicted octanol–water partition coefficient (Wildman–Crippen LogP) is 0.906. The van der Waals surface area contributed by atoms with Crippen molar-refractivity contribution in [2.24, 2.45) is 0 Å². The van der Waals surface area contributed by atoms with Crippen LogP contribution in [0.1, 0.15) is 4.88 Å². The number of hydrogen-bond acceptors (Lipinski definition) is 5. The molecular weight excluding hydrogens is 318 g/mol. The van der Waals surface area contributed by atoms with Crippen molar-refractivity contribution in [3.05, 3.63) is 16.3 Å². The molecule has 1 aromatic heterocycles. The van der Waals surface area contributed by atoms with Gasteiger partial charge in [-0.25, -0.2) is 16.8 Å². The molecular formula is C9H12ClNO4S3. The van der Waals surface area contributed by atoms with Crippen molar-refractivity contribution in [3.8, 4) is 0 Å². The lowest BCUT2D eigenvalue weighted by Gasteiger charge is -2.25. The molecule has 9 heteroatoms. The van der Waals surface area contributed by atoms with E-state index in [2.05, 4.69) is 0 Å². The molecule has 18 heavy (non-hydrogen) atoms. The fourth-order valence-electron chi connectivity index (χ4n) is 1.65. The van der Waals surface area contributed by atoms with E-state index in [0.29, 0.717) is 0 Å². The molecule has 0 spiro atoms. The van der Waals surface area contributed by atoms with E-state index in [1.54, 1.807) is 0 Å². The molecule has 1 saturated heterocycles. The zero-order chi connectivity index (χ0) is 13.4. The maximum Gasteiger partial charge on any atom is 0.243 e. The van der Waals surface area contributed by atoms with E-state index in [0.717, 1.165) is 4.88 Å². The third kappa shape index (κ3) is 2.88. The van der Waals surface area contributed by atoms with E-state index in [1.807, 2.05) is 0 Å². The molecule has 0 aromatic carbocycles. The van der Waals surface area contributed by atoms with Gasteiger partial charge in [0.1, 0.15) is 0 Å². The van der Waals surface area contributed by atoms with Crippen LogP contribution >= 0.6 is 22.9 Å². The van der Waals surface area contributed by atoms with Gasteiger partial charge in [-0.2, -0.15) is 4.31 Å². The summed E-state index contributed by atoms with van der Waals surface area (Å²) in [7, 11) is -6.66. The quantitative estimate of drug-likeness (QED) is 0.773. The van der Waals surface area contributed by atoms with Gasteiger partial charge in [-0.05, 0) is 6.07 Å². The number of rotatable bonds is 3. The summed E-state index contributed by atoms with van der Waals surface area (Å²) in [6, 6.07) is 1.54. The normalized spacial score (nSPS) is 20.9. The fraction of sp³-hybridized carbons (Fsp3) is 0.556. The lowest BCUT2D eigenvalue weighted by molar-refractivity contribution is 0.431. The highest BCUT2D eigenvalue weighted by Gasteiger charge is 2.31. The highest BCUT2D eigenvalue weighted by molar-refractivity contribution is 7.92. The highest BCUT2D eigenvalue weighted by atomic mass is 35.5. The Morgan fingerprint density at radius 3 is 2.44 bits per heavy atom. The molecule has 1 aliphatic heterocycles. The number of halogens is 1. The molecule has 2 rings (SSSR count).